The zero-order valence-electron chi connectivity index (χ0n) is 12.2. The molecule has 3 unspecified atom stereocenters. The molecule has 1 fully saturated rings. The highest BCUT2D eigenvalue weighted by atomic mass is 79.9. The van der Waals surface area contributed by atoms with E-state index in [1.54, 1.807) is 0 Å². The van der Waals surface area contributed by atoms with Crippen LogP contribution in [0.1, 0.15) is 33.6 Å². The highest BCUT2D eigenvalue weighted by Crippen LogP contribution is 2.45. The maximum atomic E-state index is 11.8. The molecule has 0 aliphatic heterocycles. The number of carboxylic acid groups (broad SMARTS) is 1. The van der Waals surface area contributed by atoms with Gasteiger partial charge < -0.3 is 15.7 Å². The van der Waals surface area contributed by atoms with Gasteiger partial charge >= 0.3 is 12.0 Å². The molecule has 3 N–H and O–H groups in total. The summed E-state index contributed by atoms with van der Waals surface area (Å²) in [6.07, 6.45) is 1.27. The topological polar surface area (TPSA) is 78.4 Å². The molecule has 0 aromatic carbocycles. The number of rotatable bonds is 4. The minimum atomic E-state index is -0.750. The van der Waals surface area contributed by atoms with Crippen molar-refractivity contribution in [2.75, 3.05) is 6.54 Å². The van der Waals surface area contributed by atoms with Gasteiger partial charge in [-0.3, -0.25) is 4.79 Å². The highest BCUT2D eigenvalue weighted by molar-refractivity contribution is 9.11. The summed E-state index contributed by atoms with van der Waals surface area (Å²) in [5.41, 5.74) is -0.346. The Morgan fingerprint density at radius 2 is 2.00 bits per heavy atom. The van der Waals surface area contributed by atoms with Gasteiger partial charge in [-0.05, 0) is 24.2 Å². The third-order valence-electron chi connectivity index (χ3n) is 4.50. The summed E-state index contributed by atoms with van der Waals surface area (Å²) in [5.74, 6) is -1.02. The van der Waals surface area contributed by atoms with Gasteiger partial charge in [0, 0.05) is 10.5 Å². The first-order chi connectivity index (χ1) is 9.16. The van der Waals surface area contributed by atoms with Crippen molar-refractivity contribution in [1.82, 2.24) is 10.6 Å². The molecule has 1 aliphatic rings. The van der Waals surface area contributed by atoms with E-state index in [1.807, 2.05) is 20.8 Å². The number of carboxylic acids is 1. The molecular formula is C14H23BrN2O3. The van der Waals surface area contributed by atoms with Crippen LogP contribution in [0.25, 0.3) is 0 Å². The SMILES string of the molecule is C=C(Br)CNC(=O)NC1CCC(C(=O)O)C(C)(C)C1C. The third-order valence-corrected chi connectivity index (χ3v) is 4.78. The Balaban J connectivity index is 2.64. The lowest BCUT2D eigenvalue weighted by atomic mass is 9.61. The van der Waals surface area contributed by atoms with Crippen molar-refractivity contribution >= 4 is 27.9 Å². The van der Waals surface area contributed by atoms with Gasteiger partial charge in [0.1, 0.15) is 0 Å². The van der Waals surface area contributed by atoms with E-state index >= 15 is 0 Å². The van der Waals surface area contributed by atoms with Gasteiger partial charge in [-0.15, -0.1) is 0 Å². The van der Waals surface area contributed by atoms with Crippen LogP contribution in [0, 0.1) is 17.3 Å². The second-order valence-corrected chi connectivity index (χ2v) is 7.15. The van der Waals surface area contributed by atoms with Crippen LogP contribution in [-0.2, 0) is 4.79 Å². The fraction of sp³-hybridized carbons (Fsp3) is 0.714. The lowest BCUT2D eigenvalue weighted by molar-refractivity contribution is -0.150. The maximum absolute atomic E-state index is 11.8. The van der Waals surface area contributed by atoms with E-state index < -0.39 is 5.97 Å². The Hall–Kier alpha value is -1.04. The van der Waals surface area contributed by atoms with Crippen molar-refractivity contribution < 1.29 is 14.7 Å². The number of nitrogens with one attached hydrogen (secondary N) is 2. The van der Waals surface area contributed by atoms with Crippen molar-refractivity contribution in [3.8, 4) is 0 Å². The molecule has 0 radical (unpaired) electrons. The van der Waals surface area contributed by atoms with Crippen molar-refractivity contribution in [2.24, 2.45) is 17.3 Å². The van der Waals surface area contributed by atoms with Crippen LogP contribution >= 0.6 is 15.9 Å². The molecule has 114 valence electrons. The van der Waals surface area contributed by atoms with E-state index in [-0.39, 0.29) is 29.3 Å². The fourth-order valence-corrected chi connectivity index (χ4v) is 2.98. The van der Waals surface area contributed by atoms with Crippen molar-refractivity contribution in [2.45, 2.75) is 39.7 Å². The summed E-state index contributed by atoms with van der Waals surface area (Å²) < 4.78 is 0.704. The predicted molar refractivity (Wildman–Crippen MR) is 81.7 cm³/mol. The Morgan fingerprint density at radius 3 is 2.50 bits per heavy atom. The summed E-state index contributed by atoms with van der Waals surface area (Å²) in [7, 11) is 0. The molecule has 0 aromatic heterocycles. The third kappa shape index (κ3) is 3.98. The average molecular weight is 347 g/mol. The number of hydrogen-bond donors (Lipinski definition) is 3. The summed E-state index contributed by atoms with van der Waals surface area (Å²) in [5, 5.41) is 14.9. The normalized spacial score (nSPS) is 28.5. The van der Waals surface area contributed by atoms with Gasteiger partial charge in [0.25, 0.3) is 0 Å². The monoisotopic (exact) mass is 346 g/mol. The Kier molecular flexibility index (Phi) is 5.62. The summed E-state index contributed by atoms with van der Waals surface area (Å²) in [4.78, 5) is 23.1. The van der Waals surface area contributed by atoms with E-state index in [0.29, 0.717) is 23.9 Å². The maximum Gasteiger partial charge on any atom is 0.315 e. The van der Waals surface area contributed by atoms with Gasteiger partial charge in [-0.2, -0.15) is 0 Å². The van der Waals surface area contributed by atoms with E-state index in [1.165, 1.54) is 0 Å². The lowest BCUT2D eigenvalue weighted by Gasteiger charge is -2.46. The molecule has 20 heavy (non-hydrogen) atoms. The van der Waals surface area contributed by atoms with Crippen LogP contribution in [0.15, 0.2) is 11.1 Å². The lowest BCUT2D eigenvalue weighted by Crippen LogP contribution is -2.54. The molecule has 2 amide bonds. The summed E-state index contributed by atoms with van der Waals surface area (Å²) in [6.45, 7) is 9.94. The molecule has 0 heterocycles. The minimum absolute atomic E-state index is 0.0100. The van der Waals surface area contributed by atoms with E-state index in [4.69, 9.17) is 0 Å². The first kappa shape index (κ1) is 17.0. The predicted octanol–water partition coefficient (Wildman–Crippen LogP) is 2.72. The van der Waals surface area contributed by atoms with Crippen molar-refractivity contribution in [3.05, 3.63) is 11.1 Å². The van der Waals surface area contributed by atoms with Gasteiger partial charge in [0.15, 0.2) is 0 Å². The van der Waals surface area contributed by atoms with E-state index in [9.17, 15) is 14.7 Å². The summed E-state index contributed by atoms with van der Waals surface area (Å²) >= 11 is 3.18. The van der Waals surface area contributed by atoms with Crippen LogP contribution in [0.3, 0.4) is 0 Å². The first-order valence-corrected chi connectivity index (χ1v) is 7.56. The Morgan fingerprint density at radius 1 is 1.40 bits per heavy atom. The molecule has 1 aliphatic carbocycles. The average Bonchev–Trinajstić information content (AvgIpc) is 2.32. The van der Waals surface area contributed by atoms with Crippen LogP contribution in [0.4, 0.5) is 4.79 Å². The molecule has 3 atom stereocenters. The van der Waals surface area contributed by atoms with Crippen molar-refractivity contribution in [1.29, 1.82) is 0 Å². The van der Waals surface area contributed by atoms with Gasteiger partial charge in [-0.25, -0.2) is 4.79 Å². The zero-order chi connectivity index (χ0) is 15.5. The Bertz CT molecular complexity index is 409. The van der Waals surface area contributed by atoms with Gasteiger partial charge in [0.2, 0.25) is 0 Å². The first-order valence-electron chi connectivity index (χ1n) is 6.76. The standard InChI is InChI=1S/C14H23BrN2O3/c1-8(15)7-16-13(20)17-11-6-5-10(12(18)19)14(3,4)9(11)2/h9-11H,1,5-7H2,2-4H3,(H,18,19)(H2,16,17,20). The number of carbonyl (C=O) groups excluding carboxylic acids is 1. The number of halogens is 1. The van der Waals surface area contributed by atoms with Crippen LogP contribution in [0.5, 0.6) is 0 Å². The van der Waals surface area contributed by atoms with Crippen LogP contribution in [0.2, 0.25) is 0 Å². The molecule has 1 saturated carbocycles. The molecule has 6 heteroatoms. The molecule has 0 spiro atoms. The van der Waals surface area contributed by atoms with E-state index in [2.05, 4.69) is 33.1 Å². The zero-order valence-corrected chi connectivity index (χ0v) is 13.8. The number of carbonyl (C=O) groups is 2. The molecule has 0 bridgehead atoms. The Labute approximate surface area is 128 Å². The smallest absolute Gasteiger partial charge is 0.315 e. The van der Waals surface area contributed by atoms with Crippen LogP contribution in [-0.4, -0.2) is 29.7 Å². The van der Waals surface area contributed by atoms with Crippen molar-refractivity contribution in [3.63, 3.8) is 0 Å². The van der Waals surface area contributed by atoms with Gasteiger partial charge in [-0.1, -0.05) is 43.3 Å². The molecule has 1 rings (SSSR count). The number of hydrogen-bond acceptors (Lipinski definition) is 2. The quantitative estimate of drug-likeness (QED) is 0.732. The largest absolute Gasteiger partial charge is 0.481 e. The highest BCUT2D eigenvalue weighted by Gasteiger charge is 2.46. The second-order valence-electron chi connectivity index (χ2n) is 6.03. The second kappa shape index (κ2) is 6.61. The van der Waals surface area contributed by atoms with Crippen LogP contribution < -0.4 is 10.6 Å². The number of urea groups is 1. The van der Waals surface area contributed by atoms with E-state index in [0.717, 1.165) is 0 Å². The molecule has 0 aromatic rings. The van der Waals surface area contributed by atoms with Gasteiger partial charge in [0.05, 0.1) is 12.5 Å². The number of aliphatic carboxylic acids is 1. The minimum Gasteiger partial charge on any atom is -0.481 e. The fourth-order valence-electron chi connectivity index (χ4n) is 2.84. The molecule has 5 nitrogen and oxygen atoms in total. The summed E-state index contributed by atoms with van der Waals surface area (Å²) in [6, 6.07) is -0.254. The molecular weight excluding hydrogens is 324 g/mol. The number of amides is 2. The molecule has 0 saturated heterocycles.